The van der Waals surface area contributed by atoms with E-state index in [1.807, 2.05) is 29.2 Å². The number of piperidine rings is 1. The molecule has 2 atom stereocenters. The molecule has 178 valence electrons. The maximum Gasteiger partial charge on any atom is 0.250 e. The first-order chi connectivity index (χ1) is 16.0. The smallest absolute Gasteiger partial charge is 0.250 e. The second kappa shape index (κ2) is 10.7. The minimum Gasteiger partial charge on any atom is -0.491 e. The molecule has 1 saturated heterocycles. The second-order valence-electron chi connectivity index (χ2n) is 8.91. The molecule has 0 unspecified atom stereocenters. The summed E-state index contributed by atoms with van der Waals surface area (Å²) < 4.78 is 12.4. The van der Waals surface area contributed by atoms with Crippen molar-refractivity contribution in [2.45, 2.75) is 37.8 Å². The van der Waals surface area contributed by atoms with Gasteiger partial charge in [-0.25, -0.2) is 0 Å². The zero-order chi connectivity index (χ0) is 23.4. The van der Waals surface area contributed by atoms with E-state index >= 15 is 0 Å². The Morgan fingerprint density at radius 3 is 2.76 bits per heavy atom. The lowest BCUT2D eigenvalue weighted by Gasteiger charge is -2.36. The van der Waals surface area contributed by atoms with Crippen molar-refractivity contribution in [3.05, 3.63) is 63.0 Å². The Hall–Kier alpha value is -2.35. The van der Waals surface area contributed by atoms with Crippen LogP contribution in [0.1, 0.15) is 36.3 Å². The molecule has 0 radical (unpaired) electrons. The summed E-state index contributed by atoms with van der Waals surface area (Å²) in [5.74, 6) is 0.642. The molecule has 7 nitrogen and oxygen atoms in total. The van der Waals surface area contributed by atoms with Crippen molar-refractivity contribution < 1.29 is 14.3 Å². The molecule has 1 aliphatic carbocycles. The van der Waals surface area contributed by atoms with Gasteiger partial charge in [-0.1, -0.05) is 11.6 Å². The average Bonchev–Trinajstić information content (AvgIpc) is 3.66. The molecular formula is C25H32ClN3O4. The van der Waals surface area contributed by atoms with E-state index in [1.54, 1.807) is 31.0 Å². The highest BCUT2D eigenvalue weighted by molar-refractivity contribution is 6.31. The van der Waals surface area contributed by atoms with Crippen molar-refractivity contribution >= 4 is 17.5 Å². The third-order valence-corrected chi connectivity index (χ3v) is 6.91. The van der Waals surface area contributed by atoms with Crippen molar-refractivity contribution in [2.24, 2.45) is 13.0 Å². The van der Waals surface area contributed by atoms with E-state index in [2.05, 4.69) is 5.32 Å². The highest BCUT2D eigenvalue weighted by atomic mass is 35.5. The van der Waals surface area contributed by atoms with Gasteiger partial charge in [-0.2, -0.15) is 0 Å². The fraction of sp³-hybridized carbons (Fsp3) is 0.520. The predicted octanol–water partition coefficient (Wildman–Crippen LogP) is 2.95. The van der Waals surface area contributed by atoms with Crippen LogP contribution < -0.4 is 15.6 Å². The van der Waals surface area contributed by atoms with Gasteiger partial charge in [-0.15, -0.1) is 0 Å². The molecule has 1 saturated carbocycles. The standard InChI is InChI=1S/C25H32ClN3O4/c1-28-10-8-17(14-24(28)30)21-7-9-27-15-22(21)25(31)29(19-3-4-19)16-18-13-20(5-6-23(18)26)33-12-11-32-2/h5-6,8,10,13-14,19,21-22,27H,3-4,7,9,11-12,15-16H2,1-2H3/t21-,22+/m0/s1. The highest BCUT2D eigenvalue weighted by Gasteiger charge is 2.40. The Bertz CT molecular complexity index is 1040. The van der Waals surface area contributed by atoms with Crippen LogP contribution in [0.2, 0.25) is 5.02 Å². The number of amides is 1. The van der Waals surface area contributed by atoms with Gasteiger partial charge in [0.05, 0.1) is 12.5 Å². The molecule has 4 rings (SSSR count). The molecule has 1 amide bonds. The molecule has 33 heavy (non-hydrogen) atoms. The second-order valence-corrected chi connectivity index (χ2v) is 9.31. The van der Waals surface area contributed by atoms with Gasteiger partial charge in [0.25, 0.3) is 5.56 Å². The van der Waals surface area contributed by atoms with Gasteiger partial charge in [0.2, 0.25) is 5.91 Å². The first-order valence-electron chi connectivity index (χ1n) is 11.6. The molecule has 2 aliphatic rings. The van der Waals surface area contributed by atoms with Crippen molar-refractivity contribution in [1.82, 2.24) is 14.8 Å². The number of carbonyl (C=O) groups excluding carboxylic acids is 1. The Morgan fingerprint density at radius 1 is 1.21 bits per heavy atom. The number of rotatable bonds is 9. The number of pyridine rings is 1. The highest BCUT2D eigenvalue weighted by Crippen LogP contribution is 2.36. The maximum absolute atomic E-state index is 13.8. The van der Waals surface area contributed by atoms with E-state index in [4.69, 9.17) is 21.1 Å². The first kappa shape index (κ1) is 23.8. The fourth-order valence-electron chi connectivity index (χ4n) is 4.49. The van der Waals surface area contributed by atoms with Gasteiger partial charge in [0, 0.05) is 50.6 Å². The van der Waals surface area contributed by atoms with E-state index in [-0.39, 0.29) is 29.3 Å². The van der Waals surface area contributed by atoms with E-state index in [0.717, 1.165) is 36.9 Å². The van der Waals surface area contributed by atoms with Crippen LogP contribution in [0.25, 0.3) is 0 Å². The number of hydrogen-bond acceptors (Lipinski definition) is 5. The summed E-state index contributed by atoms with van der Waals surface area (Å²) in [4.78, 5) is 28.1. The fourth-order valence-corrected chi connectivity index (χ4v) is 4.66. The number of aromatic nitrogens is 1. The van der Waals surface area contributed by atoms with Crippen LogP contribution in [0, 0.1) is 5.92 Å². The molecule has 2 aromatic rings. The third-order valence-electron chi connectivity index (χ3n) is 6.54. The Morgan fingerprint density at radius 2 is 2.03 bits per heavy atom. The summed E-state index contributed by atoms with van der Waals surface area (Å²) in [6.45, 7) is 2.84. The van der Waals surface area contributed by atoms with Gasteiger partial charge in [0.1, 0.15) is 12.4 Å². The van der Waals surface area contributed by atoms with Crippen LogP contribution in [0.5, 0.6) is 5.75 Å². The number of methoxy groups -OCH3 is 1. The van der Waals surface area contributed by atoms with Crippen molar-refractivity contribution in [2.75, 3.05) is 33.4 Å². The molecule has 0 spiro atoms. The topological polar surface area (TPSA) is 72.8 Å². The molecule has 8 heteroatoms. The van der Waals surface area contributed by atoms with Gasteiger partial charge in [-0.05, 0) is 67.1 Å². The molecule has 2 fully saturated rings. The van der Waals surface area contributed by atoms with Crippen LogP contribution in [-0.2, 0) is 23.1 Å². The molecule has 1 N–H and O–H groups in total. The zero-order valence-corrected chi connectivity index (χ0v) is 20.0. The number of hydrogen-bond donors (Lipinski definition) is 1. The van der Waals surface area contributed by atoms with Crippen LogP contribution in [-0.4, -0.2) is 54.8 Å². The van der Waals surface area contributed by atoms with E-state index in [1.165, 1.54) is 0 Å². The molecule has 0 bridgehead atoms. The van der Waals surface area contributed by atoms with Gasteiger partial charge < -0.3 is 24.3 Å². The lowest BCUT2D eigenvalue weighted by molar-refractivity contribution is -0.138. The SMILES string of the molecule is COCCOc1ccc(Cl)c(CN(C(=O)[C@@H]2CNCC[C@H]2c2ccn(C)c(=O)c2)C2CC2)c1. The minimum atomic E-state index is -0.216. The van der Waals surface area contributed by atoms with E-state index < -0.39 is 0 Å². The summed E-state index contributed by atoms with van der Waals surface area (Å²) in [5, 5.41) is 4.00. The minimum absolute atomic E-state index is 0.0214. The van der Waals surface area contributed by atoms with Crippen molar-refractivity contribution in [3.63, 3.8) is 0 Å². The summed E-state index contributed by atoms with van der Waals surface area (Å²) in [7, 11) is 3.37. The maximum atomic E-state index is 13.8. The number of halogens is 1. The average molecular weight is 474 g/mol. The van der Waals surface area contributed by atoms with Gasteiger partial charge >= 0.3 is 0 Å². The number of nitrogens with one attached hydrogen (secondary N) is 1. The number of nitrogens with zero attached hydrogens (tertiary/aromatic N) is 2. The van der Waals surface area contributed by atoms with E-state index in [0.29, 0.717) is 37.1 Å². The monoisotopic (exact) mass is 473 g/mol. The molecule has 1 aromatic heterocycles. The van der Waals surface area contributed by atoms with E-state index in [9.17, 15) is 9.59 Å². The predicted molar refractivity (Wildman–Crippen MR) is 128 cm³/mol. The van der Waals surface area contributed by atoms with Crippen LogP contribution in [0.3, 0.4) is 0 Å². The number of benzene rings is 1. The van der Waals surface area contributed by atoms with Crippen molar-refractivity contribution in [3.8, 4) is 5.75 Å². The summed E-state index contributed by atoms with van der Waals surface area (Å²) in [5.41, 5.74) is 1.77. The summed E-state index contributed by atoms with van der Waals surface area (Å²) >= 11 is 6.51. The Kier molecular flexibility index (Phi) is 7.73. The first-order valence-corrected chi connectivity index (χ1v) is 11.9. The number of ether oxygens (including phenoxy) is 2. The van der Waals surface area contributed by atoms with Gasteiger partial charge in [0.15, 0.2) is 0 Å². The Labute approximate surface area is 199 Å². The Balaban J connectivity index is 1.55. The third kappa shape index (κ3) is 5.78. The molecule has 1 aliphatic heterocycles. The van der Waals surface area contributed by atoms with Crippen LogP contribution in [0.4, 0.5) is 0 Å². The molecular weight excluding hydrogens is 442 g/mol. The summed E-state index contributed by atoms with van der Waals surface area (Å²) in [6, 6.07) is 9.45. The lowest BCUT2D eigenvalue weighted by Crippen LogP contribution is -2.47. The quantitative estimate of drug-likeness (QED) is 0.567. The van der Waals surface area contributed by atoms with Crippen molar-refractivity contribution in [1.29, 1.82) is 0 Å². The summed E-state index contributed by atoms with van der Waals surface area (Å²) in [6.07, 6.45) is 4.62. The zero-order valence-electron chi connectivity index (χ0n) is 19.3. The normalized spacial score (nSPS) is 20.5. The largest absolute Gasteiger partial charge is 0.491 e. The molecule has 2 heterocycles. The number of aryl methyl sites for hydroxylation is 1. The van der Waals surface area contributed by atoms with Crippen LogP contribution >= 0.6 is 11.6 Å². The number of carbonyl (C=O) groups is 1. The lowest BCUT2D eigenvalue weighted by atomic mass is 9.80. The van der Waals surface area contributed by atoms with Crippen LogP contribution in [0.15, 0.2) is 41.3 Å². The van der Waals surface area contributed by atoms with Gasteiger partial charge in [-0.3, -0.25) is 9.59 Å². The molecule has 1 aromatic carbocycles.